The van der Waals surface area contributed by atoms with E-state index in [4.69, 9.17) is 16.3 Å². The van der Waals surface area contributed by atoms with E-state index in [0.717, 1.165) is 36.8 Å². The number of hydrogen-bond acceptors (Lipinski definition) is 4. The Hall–Kier alpha value is -2.08. The molecule has 1 saturated carbocycles. The number of carbonyl (C=O) groups is 3. The number of aryl methyl sites for hydroxylation is 2. The van der Waals surface area contributed by atoms with E-state index in [9.17, 15) is 14.4 Å². The molecular formula is C20H25ClN2O4. The molecule has 0 spiro atoms. The predicted molar refractivity (Wildman–Crippen MR) is 103 cm³/mol. The second-order valence-corrected chi connectivity index (χ2v) is 7.89. The summed E-state index contributed by atoms with van der Waals surface area (Å²) in [6.07, 6.45) is 4.44. The van der Waals surface area contributed by atoms with Gasteiger partial charge in [-0.3, -0.25) is 14.4 Å². The van der Waals surface area contributed by atoms with Gasteiger partial charge in [0.25, 0.3) is 5.91 Å². The van der Waals surface area contributed by atoms with Gasteiger partial charge in [0.2, 0.25) is 5.91 Å². The second-order valence-electron chi connectivity index (χ2n) is 7.48. The topological polar surface area (TPSA) is 75.7 Å². The zero-order valence-electron chi connectivity index (χ0n) is 15.7. The molecular weight excluding hydrogens is 368 g/mol. The van der Waals surface area contributed by atoms with E-state index in [1.165, 1.54) is 0 Å². The summed E-state index contributed by atoms with van der Waals surface area (Å²) in [5, 5.41) is 3.13. The molecule has 146 valence electrons. The van der Waals surface area contributed by atoms with Crippen LogP contribution in [0, 0.1) is 19.8 Å². The highest BCUT2D eigenvalue weighted by atomic mass is 35.5. The summed E-state index contributed by atoms with van der Waals surface area (Å²) in [4.78, 5) is 38.4. The molecule has 1 aromatic rings. The van der Waals surface area contributed by atoms with E-state index < -0.39 is 24.4 Å². The Balaban J connectivity index is 1.50. The van der Waals surface area contributed by atoms with Gasteiger partial charge in [-0.1, -0.05) is 30.5 Å². The van der Waals surface area contributed by atoms with Gasteiger partial charge in [0.15, 0.2) is 6.61 Å². The first-order valence-electron chi connectivity index (χ1n) is 9.38. The molecule has 1 aliphatic carbocycles. The molecule has 0 aromatic heterocycles. The predicted octanol–water partition coefficient (Wildman–Crippen LogP) is 3.23. The first-order chi connectivity index (χ1) is 12.8. The lowest BCUT2D eigenvalue weighted by atomic mass is 10.1. The molecule has 3 rings (SSSR count). The molecule has 27 heavy (non-hydrogen) atoms. The smallest absolute Gasteiger partial charge is 0.311 e. The number of hydrogen-bond donors (Lipinski definition) is 1. The summed E-state index contributed by atoms with van der Waals surface area (Å²) in [6, 6.07) is 3.93. The molecule has 0 unspecified atom stereocenters. The van der Waals surface area contributed by atoms with Crippen LogP contribution in [0.5, 0.6) is 0 Å². The summed E-state index contributed by atoms with van der Waals surface area (Å²) in [7, 11) is 0. The summed E-state index contributed by atoms with van der Waals surface area (Å²) in [5.41, 5.74) is 2.36. The molecule has 1 aliphatic heterocycles. The minimum Gasteiger partial charge on any atom is -0.455 e. The number of esters is 1. The molecule has 1 aromatic carbocycles. The molecule has 0 radical (unpaired) electrons. The fourth-order valence-electron chi connectivity index (χ4n) is 3.96. The lowest BCUT2D eigenvalue weighted by Gasteiger charge is -2.23. The summed E-state index contributed by atoms with van der Waals surface area (Å²) in [6.45, 7) is 3.77. The lowest BCUT2D eigenvalue weighted by molar-refractivity contribution is -0.151. The second kappa shape index (κ2) is 8.30. The molecule has 2 fully saturated rings. The summed E-state index contributed by atoms with van der Waals surface area (Å²) in [5.74, 6) is -1.43. The molecule has 2 aliphatic rings. The fourth-order valence-corrected chi connectivity index (χ4v) is 4.33. The molecule has 2 amide bonds. The van der Waals surface area contributed by atoms with E-state index in [-0.39, 0.29) is 18.4 Å². The molecule has 1 N–H and O–H groups in total. The minimum atomic E-state index is -0.495. The van der Waals surface area contributed by atoms with Crippen molar-refractivity contribution in [2.75, 3.05) is 18.5 Å². The van der Waals surface area contributed by atoms with Gasteiger partial charge in [-0.05, 0) is 43.9 Å². The van der Waals surface area contributed by atoms with E-state index in [1.54, 1.807) is 6.07 Å². The van der Waals surface area contributed by atoms with E-state index in [1.807, 2.05) is 24.8 Å². The van der Waals surface area contributed by atoms with Crippen molar-refractivity contribution in [1.29, 1.82) is 0 Å². The van der Waals surface area contributed by atoms with Crippen LogP contribution in [-0.4, -0.2) is 41.9 Å². The highest BCUT2D eigenvalue weighted by molar-refractivity contribution is 6.34. The number of nitrogens with zero attached hydrogens (tertiary/aromatic N) is 1. The standard InChI is InChI=1S/C20H25ClN2O4/c1-12-7-13(2)19(16(21)8-12)22-17(24)11-27-20(26)14-9-18(25)23(10-14)15-5-3-4-6-15/h7-8,14-15H,3-6,9-11H2,1-2H3,(H,22,24)/t14-/m1/s1. The van der Waals surface area contributed by atoms with Crippen LogP contribution in [0.1, 0.15) is 43.2 Å². The third-order valence-corrected chi connectivity index (χ3v) is 5.60. The average Bonchev–Trinajstić information content (AvgIpc) is 3.25. The fraction of sp³-hybridized carbons (Fsp3) is 0.550. The maximum absolute atomic E-state index is 12.3. The van der Waals surface area contributed by atoms with Crippen LogP contribution in [0.25, 0.3) is 0 Å². The van der Waals surface area contributed by atoms with Crippen molar-refractivity contribution in [2.24, 2.45) is 5.92 Å². The van der Waals surface area contributed by atoms with Gasteiger partial charge >= 0.3 is 5.97 Å². The Kier molecular flexibility index (Phi) is 6.05. The maximum atomic E-state index is 12.3. The van der Waals surface area contributed by atoms with Crippen LogP contribution in [0.2, 0.25) is 5.02 Å². The maximum Gasteiger partial charge on any atom is 0.311 e. The number of nitrogens with one attached hydrogen (secondary N) is 1. The van der Waals surface area contributed by atoms with Crippen molar-refractivity contribution in [3.8, 4) is 0 Å². The van der Waals surface area contributed by atoms with Crippen molar-refractivity contribution in [1.82, 2.24) is 4.90 Å². The number of ether oxygens (including phenoxy) is 1. The highest BCUT2D eigenvalue weighted by Gasteiger charge is 2.39. The van der Waals surface area contributed by atoms with Crippen LogP contribution in [-0.2, 0) is 19.1 Å². The average molecular weight is 393 g/mol. The van der Waals surface area contributed by atoms with Crippen LogP contribution in [0.3, 0.4) is 0 Å². The Labute approximate surface area is 164 Å². The number of benzene rings is 1. The van der Waals surface area contributed by atoms with E-state index >= 15 is 0 Å². The van der Waals surface area contributed by atoms with Gasteiger partial charge in [0.05, 0.1) is 16.6 Å². The van der Waals surface area contributed by atoms with Gasteiger partial charge in [-0.25, -0.2) is 0 Å². The number of anilines is 1. The van der Waals surface area contributed by atoms with Crippen molar-refractivity contribution in [2.45, 2.75) is 52.0 Å². The zero-order chi connectivity index (χ0) is 19.6. The van der Waals surface area contributed by atoms with Gasteiger partial charge in [-0.15, -0.1) is 0 Å². The van der Waals surface area contributed by atoms with Crippen LogP contribution in [0.15, 0.2) is 12.1 Å². The Bertz CT molecular complexity index is 735. The molecule has 1 atom stereocenters. The number of carbonyl (C=O) groups excluding carboxylic acids is 3. The monoisotopic (exact) mass is 392 g/mol. The number of rotatable bonds is 5. The van der Waals surface area contributed by atoms with Crippen molar-refractivity contribution >= 4 is 35.1 Å². The molecule has 1 saturated heterocycles. The zero-order valence-corrected chi connectivity index (χ0v) is 16.5. The van der Waals surface area contributed by atoms with Crippen LogP contribution < -0.4 is 5.32 Å². The first-order valence-corrected chi connectivity index (χ1v) is 9.75. The van der Waals surface area contributed by atoms with Gasteiger partial charge in [0, 0.05) is 19.0 Å². The normalized spacial score (nSPS) is 20.2. The number of halogens is 1. The van der Waals surface area contributed by atoms with E-state index in [0.29, 0.717) is 17.3 Å². The highest BCUT2D eigenvalue weighted by Crippen LogP contribution is 2.30. The largest absolute Gasteiger partial charge is 0.455 e. The minimum absolute atomic E-state index is 0.00960. The van der Waals surface area contributed by atoms with Crippen LogP contribution >= 0.6 is 11.6 Å². The number of amides is 2. The van der Waals surface area contributed by atoms with Gasteiger partial charge < -0.3 is 15.0 Å². The SMILES string of the molecule is Cc1cc(C)c(NC(=O)COC(=O)[C@@H]2CC(=O)N(C3CCCC3)C2)c(Cl)c1. The Morgan fingerprint density at radius 3 is 2.63 bits per heavy atom. The third-order valence-electron chi connectivity index (χ3n) is 5.30. The summed E-state index contributed by atoms with van der Waals surface area (Å²) < 4.78 is 5.15. The quantitative estimate of drug-likeness (QED) is 0.780. The van der Waals surface area contributed by atoms with Gasteiger partial charge in [0.1, 0.15) is 0 Å². The van der Waals surface area contributed by atoms with Crippen molar-refractivity contribution in [3.05, 3.63) is 28.3 Å². The Morgan fingerprint density at radius 2 is 1.96 bits per heavy atom. The lowest BCUT2D eigenvalue weighted by Crippen LogP contribution is -2.35. The van der Waals surface area contributed by atoms with Crippen molar-refractivity contribution < 1.29 is 19.1 Å². The van der Waals surface area contributed by atoms with Crippen LogP contribution in [0.4, 0.5) is 5.69 Å². The molecule has 7 heteroatoms. The van der Waals surface area contributed by atoms with Crippen molar-refractivity contribution in [3.63, 3.8) is 0 Å². The Morgan fingerprint density at radius 1 is 1.26 bits per heavy atom. The molecule has 6 nitrogen and oxygen atoms in total. The molecule has 1 heterocycles. The number of likely N-dealkylation sites (tertiary alicyclic amines) is 1. The summed E-state index contributed by atoms with van der Waals surface area (Å²) >= 11 is 6.17. The third kappa shape index (κ3) is 4.61. The van der Waals surface area contributed by atoms with Gasteiger partial charge in [-0.2, -0.15) is 0 Å². The first kappa shape index (κ1) is 19.7. The molecule has 0 bridgehead atoms. The van der Waals surface area contributed by atoms with E-state index in [2.05, 4.69) is 5.32 Å².